The van der Waals surface area contributed by atoms with Gasteiger partial charge in [0.2, 0.25) is 0 Å². The van der Waals surface area contributed by atoms with Gasteiger partial charge in [-0.25, -0.2) is 8.78 Å². The molecule has 2 aromatic carbocycles. The molecule has 0 aliphatic carbocycles. The summed E-state index contributed by atoms with van der Waals surface area (Å²) in [5.74, 6) is -1.23. The molecule has 1 unspecified atom stereocenters. The van der Waals surface area contributed by atoms with E-state index in [1.807, 2.05) is 24.3 Å². The predicted molar refractivity (Wildman–Crippen MR) is 93.2 cm³/mol. The number of rotatable bonds is 3. The van der Waals surface area contributed by atoms with Crippen LogP contribution in [0.1, 0.15) is 22.0 Å². The quantitative estimate of drug-likeness (QED) is 0.904. The van der Waals surface area contributed by atoms with Gasteiger partial charge in [0.15, 0.2) is 0 Å². The van der Waals surface area contributed by atoms with Gasteiger partial charge in [0.25, 0.3) is 5.91 Å². The number of ether oxygens (including phenoxy) is 1. The highest BCUT2D eigenvalue weighted by molar-refractivity contribution is 5.95. The summed E-state index contributed by atoms with van der Waals surface area (Å²) in [5, 5.41) is 3.23. The fourth-order valence-corrected chi connectivity index (χ4v) is 2.98. The second-order valence-corrected chi connectivity index (χ2v) is 5.58. The molecule has 0 radical (unpaired) electrons. The third-order valence-corrected chi connectivity index (χ3v) is 4.16. The Morgan fingerprint density at radius 2 is 2.00 bits per heavy atom. The van der Waals surface area contributed by atoms with E-state index in [0.717, 1.165) is 23.8 Å². The molecule has 0 saturated carbocycles. The second-order valence-electron chi connectivity index (χ2n) is 5.58. The van der Waals surface area contributed by atoms with Crippen molar-refractivity contribution in [1.29, 1.82) is 0 Å². The Hall–Kier alpha value is -2.18. The zero-order valence-corrected chi connectivity index (χ0v) is 14.5. The van der Waals surface area contributed by atoms with Gasteiger partial charge in [0.05, 0.1) is 18.7 Å². The normalized spacial score (nSPS) is 16.9. The van der Waals surface area contributed by atoms with Gasteiger partial charge in [0.1, 0.15) is 17.4 Å². The largest absolute Gasteiger partial charge is 0.496 e. The maximum Gasteiger partial charge on any atom is 0.257 e. The van der Waals surface area contributed by atoms with Crippen molar-refractivity contribution in [2.45, 2.75) is 6.04 Å². The number of hydrogen-bond acceptors (Lipinski definition) is 3. The third kappa shape index (κ3) is 3.91. The van der Waals surface area contributed by atoms with Crippen LogP contribution in [0.5, 0.6) is 5.75 Å². The van der Waals surface area contributed by atoms with E-state index in [1.54, 1.807) is 12.0 Å². The highest BCUT2D eigenvalue weighted by Gasteiger charge is 2.31. The summed E-state index contributed by atoms with van der Waals surface area (Å²) in [6.07, 6.45) is 0. The Labute approximate surface area is 151 Å². The predicted octanol–water partition coefficient (Wildman–Crippen LogP) is 3.18. The molecule has 3 rings (SSSR count). The van der Waals surface area contributed by atoms with Gasteiger partial charge in [0, 0.05) is 25.2 Å². The Kier molecular flexibility index (Phi) is 6.33. The smallest absolute Gasteiger partial charge is 0.257 e. The maximum absolute atomic E-state index is 14.0. The first-order chi connectivity index (χ1) is 11.6. The van der Waals surface area contributed by atoms with E-state index in [4.69, 9.17) is 4.74 Å². The first-order valence-corrected chi connectivity index (χ1v) is 7.71. The molecule has 1 amide bonds. The first kappa shape index (κ1) is 19.1. The molecule has 0 spiro atoms. The molecule has 1 aliphatic rings. The highest BCUT2D eigenvalue weighted by Crippen LogP contribution is 2.31. The summed E-state index contributed by atoms with van der Waals surface area (Å²) < 4.78 is 32.8. The lowest BCUT2D eigenvalue weighted by Crippen LogP contribution is -2.49. The zero-order chi connectivity index (χ0) is 17.1. The molecular formula is C18H19ClF2N2O2. The summed E-state index contributed by atoms with van der Waals surface area (Å²) in [5.41, 5.74) is 0.578. The van der Waals surface area contributed by atoms with Crippen LogP contribution in [0.3, 0.4) is 0 Å². The number of methoxy groups -OCH3 is 1. The van der Waals surface area contributed by atoms with Crippen LogP contribution in [-0.2, 0) is 0 Å². The lowest BCUT2D eigenvalue weighted by atomic mass is 10.0. The van der Waals surface area contributed by atoms with E-state index in [9.17, 15) is 13.6 Å². The molecule has 0 aromatic heterocycles. The zero-order valence-electron chi connectivity index (χ0n) is 13.7. The summed E-state index contributed by atoms with van der Waals surface area (Å²) in [4.78, 5) is 14.4. The molecule has 7 heteroatoms. The van der Waals surface area contributed by atoms with E-state index in [1.165, 1.54) is 0 Å². The van der Waals surface area contributed by atoms with Crippen LogP contribution in [-0.4, -0.2) is 37.6 Å². The van der Waals surface area contributed by atoms with Crippen LogP contribution in [0, 0.1) is 11.6 Å². The maximum atomic E-state index is 14.0. The SMILES string of the molecule is COc1ccccc1C1CNCCN1C(=O)c1cc(F)ccc1F.Cl. The number of benzene rings is 2. The summed E-state index contributed by atoms with van der Waals surface area (Å²) in [6.45, 7) is 1.51. The second kappa shape index (κ2) is 8.27. The number of nitrogens with one attached hydrogen (secondary N) is 1. The molecule has 1 fully saturated rings. The van der Waals surface area contributed by atoms with E-state index in [0.29, 0.717) is 25.4 Å². The summed E-state index contributed by atoms with van der Waals surface area (Å²) >= 11 is 0. The fourth-order valence-electron chi connectivity index (χ4n) is 2.98. The Balaban J connectivity index is 0.00000225. The molecule has 1 N–H and O–H groups in total. The average Bonchev–Trinajstić information content (AvgIpc) is 2.63. The van der Waals surface area contributed by atoms with E-state index in [-0.39, 0.29) is 24.0 Å². The average molecular weight is 369 g/mol. The van der Waals surface area contributed by atoms with Crippen molar-refractivity contribution < 1.29 is 18.3 Å². The van der Waals surface area contributed by atoms with Crippen LogP contribution in [0.2, 0.25) is 0 Å². The molecule has 2 aromatic rings. The molecule has 25 heavy (non-hydrogen) atoms. The summed E-state index contributed by atoms with van der Waals surface area (Å²) in [7, 11) is 1.56. The van der Waals surface area contributed by atoms with Gasteiger partial charge in [-0.15, -0.1) is 12.4 Å². The van der Waals surface area contributed by atoms with E-state index in [2.05, 4.69) is 5.32 Å². The topological polar surface area (TPSA) is 41.6 Å². The van der Waals surface area contributed by atoms with Crippen molar-refractivity contribution in [3.05, 3.63) is 65.2 Å². The van der Waals surface area contributed by atoms with E-state index < -0.39 is 17.5 Å². The van der Waals surface area contributed by atoms with Gasteiger partial charge < -0.3 is 15.0 Å². The van der Waals surface area contributed by atoms with Crippen molar-refractivity contribution >= 4 is 18.3 Å². The van der Waals surface area contributed by atoms with Crippen LogP contribution in [0.15, 0.2) is 42.5 Å². The number of nitrogens with zero attached hydrogens (tertiary/aromatic N) is 1. The van der Waals surface area contributed by atoms with Crippen molar-refractivity contribution in [2.75, 3.05) is 26.7 Å². The number of hydrogen-bond donors (Lipinski definition) is 1. The molecule has 1 atom stereocenters. The Bertz CT molecular complexity index is 758. The van der Waals surface area contributed by atoms with Crippen LogP contribution in [0.4, 0.5) is 8.78 Å². The monoisotopic (exact) mass is 368 g/mol. The van der Waals surface area contributed by atoms with Crippen LogP contribution >= 0.6 is 12.4 Å². The molecule has 1 aliphatic heterocycles. The molecule has 4 nitrogen and oxygen atoms in total. The molecular weight excluding hydrogens is 350 g/mol. The number of halogens is 3. The van der Waals surface area contributed by atoms with Gasteiger partial charge in [-0.3, -0.25) is 4.79 Å². The standard InChI is InChI=1S/C18H18F2N2O2.ClH/c1-24-17-5-3-2-4-13(17)16-11-21-8-9-22(16)18(23)14-10-12(19)6-7-15(14)20;/h2-7,10,16,21H,8-9,11H2,1H3;1H. The van der Waals surface area contributed by atoms with E-state index >= 15 is 0 Å². The van der Waals surface area contributed by atoms with Gasteiger partial charge in [-0.05, 0) is 24.3 Å². The number of piperazine rings is 1. The minimum atomic E-state index is -0.723. The van der Waals surface area contributed by atoms with Gasteiger partial charge in [-0.2, -0.15) is 0 Å². The van der Waals surface area contributed by atoms with Crippen LogP contribution < -0.4 is 10.1 Å². The Morgan fingerprint density at radius 1 is 1.24 bits per heavy atom. The molecule has 134 valence electrons. The van der Waals surface area contributed by atoms with Crippen molar-refractivity contribution in [3.63, 3.8) is 0 Å². The lowest BCUT2D eigenvalue weighted by Gasteiger charge is -2.37. The minimum absolute atomic E-state index is 0. The fraction of sp³-hybridized carbons (Fsp3) is 0.278. The number of carbonyl (C=O) groups is 1. The molecule has 0 bridgehead atoms. The van der Waals surface area contributed by atoms with Crippen molar-refractivity contribution in [2.24, 2.45) is 0 Å². The van der Waals surface area contributed by atoms with Crippen molar-refractivity contribution in [3.8, 4) is 5.75 Å². The molecule has 1 heterocycles. The highest BCUT2D eigenvalue weighted by atomic mass is 35.5. The summed E-state index contributed by atoms with van der Waals surface area (Å²) in [6, 6.07) is 10.00. The Morgan fingerprint density at radius 3 is 2.76 bits per heavy atom. The van der Waals surface area contributed by atoms with Crippen molar-refractivity contribution in [1.82, 2.24) is 10.2 Å². The number of amides is 1. The molecule has 1 saturated heterocycles. The minimum Gasteiger partial charge on any atom is -0.496 e. The lowest BCUT2D eigenvalue weighted by molar-refractivity contribution is 0.0626. The third-order valence-electron chi connectivity index (χ3n) is 4.16. The number of carbonyl (C=O) groups excluding carboxylic acids is 1. The van der Waals surface area contributed by atoms with Gasteiger partial charge in [-0.1, -0.05) is 18.2 Å². The first-order valence-electron chi connectivity index (χ1n) is 7.71. The van der Waals surface area contributed by atoms with Crippen LogP contribution in [0.25, 0.3) is 0 Å². The van der Waals surface area contributed by atoms with Gasteiger partial charge >= 0.3 is 0 Å². The number of para-hydroxylation sites is 1.